The molecule has 5 aliphatic carbocycles. The lowest BCUT2D eigenvalue weighted by atomic mass is 9.53. The van der Waals surface area contributed by atoms with Crippen LogP contribution in [0, 0.1) is 29.1 Å². The number of carbonyl (C=O) groups is 1. The molecule has 3 saturated carbocycles. The number of Topliss-reactive ketones (excluding diaryl/α,β-unsaturated/α-hetero) is 1. The van der Waals surface area contributed by atoms with Crippen LogP contribution in [-0.4, -0.2) is 5.78 Å². The summed E-state index contributed by atoms with van der Waals surface area (Å²) in [5, 5.41) is 0. The van der Waals surface area contributed by atoms with Gasteiger partial charge in [-0.3, -0.25) is 4.79 Å². The maximum atomic E-state index is 12.5. The van der Waals surface area contributed by atoms with E-state index in [0.29, 0.717) is 17.6 Å². The largest absolute Gasteiger partial charge is 0.299 e. The Morgan fingerprint density at radius 1 is 1.13 bits per heavy atom. The van der Waals surface area contributed by atoms with Crippen molar-refractivity contribution >= 4 is 5.78 Å². The number of hydrogen-bond donors (Lipinski definition) is 0. The van der Waals surface area contributed by atoms with Gasteiger partial charge in [-0.2, -0.15) is 0 Å². The molecule has 1 nitrogen and oxygen atoms in total. The van der Waals surface area contributed by atoms with Gasteiger partial charge in [-0.25, -0.2) is 0 Å². The molecule has 5 atom stereocenters. The number of rotatable bonds is 0. The molecular formula is C14H18O. The van der Waals surface area contributed by atoms with Gasteiger partial charge in [-0.1, -0.05) is 12.2 Å². The van der Waals surface area contributed by atoms with Gasteiger partial charge >= 0.3 is 0 Å². The van der Waals surface area contributed by atoms with Gasteiger partial charge in [0.25, 0.3) is 0 Å². The maximum Gasteiger partial charge on any atom is 0.142 e. The zero-order valence-electron chi connectivity index (χ0n) is 9.11. The predicted octanol–water partition coefficient (Wildman–Crippen LogP) is 2.96. The molecule has 4 bridgehead atoms. The van der Waals surface area contributed by atoms with E-state index in [2.05, 4.69) is 12.2 Å². The SMILES string of the molecule is O=C1[C@@H]2CC[C@@H](C2)C12CC1C=CC2CC1. The first kappa shape index (κ1) is 8.55. The van der Waals surface area contributed by atoms with Crippen LogP contribution < -0.4 is 0 Å². The number of fused-ring (bicyclic) bond motifs is 3. The Balaban J connectivity index is 1.82. The summed E-state index contributed by atoms with van der Waals surface area (Å²) >= 11 is 0. The second-order valence-corrected chi connectivity index (χ2v) is 6.14. The summed E-state index contributed by atoms with van der Waals surface area (Å²) in [6.07, 6.45) is 12.4. The second-order valence-electron chi connectivity index (χ2n) is 6.14. The fourth-order valence-corrected chi connectivity index (χ4v) is 5.08. The highest BCUT2D eigenvalue weighted by molar-refractivity contribution is 5.91. The van der Waals surface area contributed by atoms with Crippen molar-refractivity contribution in [1.29, 1.82) is 0 Å². The number of allylic oxidation sites excluding steroid dienone is 2. The van der Waals surface area contributed by atoms with Crippen molar-refractivity contribution in [1.82, 2.24) is 0 Å². The van der Waals surface area contributed by atoms with E-state index in [4.69, 9.17) is 0 Å². The molecule has 3 unspecified atom stereocenters. The molecule has 0 heterocycles. The standard InChI is InChI=1S/C14H18O/c15-13-10-3-6-12(7-10)14(13)8-9-1-4-11(14)5-2-9/h1,4,9-12H,2-3,5-8H2/t9?,10-,11?,12+,14?/m1/s1. The summed E-state index contributed by atoms with van der Waals surface area (Å²) in [6, 6.07) is 0. The molecule has 0 saturated heterocycles. The molecular weight excluding hydrogens is 184 g/mol. The van der Waals surface area contributed by atoms with Crippen LogP contribution in [0.3, 0.4) is 0 Å². The molecule has 80 valence electrons. The average molecular weight is 202 g/mol. The fourth-order valence-electron chi connectivity index (χ4n) is 5.08. The third-order valence-electron chi connectivity index (χ3n) is 5.72. The van der Waals surface area contributed by atoms with Crippen molar-refractivity contribution in [3.63, 3.8) is 0 Å². The highest BCUT2D eigenvalue weighted by Gasteiger charge is 2.62. The maximum absolute atomic E-state index is 12.5. The quantitative estimate of drug-likeness (QED) is 0.552. The van der Waals surface area contributed by atoms with Crippen LogP contribution in [0.2, 0.25) is 0 Å². The Morgan fingerprint density at radius 3 is 2.60 bits per heavy atom. The first-order chi connectivity index (χ1) is 7.30. The zero-order chi connectivity index (χ0) is 10.0. The summed E-state index contributed by atoms with van der Waals surface area (Å²) in [4.78, 5) is 12.5. The molecule has 1 spiro atoms. The summed E-state index contributed by atoms with van der Waals surface area (Å²) in [5.41, 5.74) is 0.139. The Hall–Kier alpha value is -0.590. The van der Waals surface area contributed by atoms with E-state index in [9.17, 15) is 4.79 Å². The Morgan fingerprint density at radius 2 is 2.07 bits per heavy atom. The van der Waals surface area contributed by atoms with Crippen molar-refractivity contribution in [2.45, 2.75) is 38.5 Å². The molecule has 0 N–H and O–H groups in total. The van der Waals surface area contributed by atoms with E-state index in [1.807, 2.05) is 0 Å². The Bertz CT molecular complexity index is 356. The first-order valence-electron chi connectivity index (χ1n) is 6.53. The van der Waals surface area contributed by atoms with Crippen LogP contribution in [-0.2, 0) is 4.79 Å². The van der Waals surface area contributed by atoms with E-state index in [0.717, 1.165) is 11.8 Å². The highest BCUT2D eigenvalue weighted by atomic mass is 16.1. The van der Waals surface area contributed by atoms with E-state index in [1.54, 1.807) is 0 Å². The van der Waals surface area contributed by atoms with E-state index in [1.165, 1.54) is 38.5 Å². The molecule has 0 aromatic carbocycles. The zero-order valence-corrected chi connectivity index (χ0v) is 9.11. The molecule has 0 amide bonds. The molecule has 15 heavy (non-hydrogen) atoms. The summed E-state index contributed by atoms with van der Waals surface area (Å²) < 4.78 is 0. The molecule has 0 aromatic rings. The first-order valence-corrected chi connectivity index (χ1v) is 6.53. The van der Waals surface area contributed by atoms with Crippen molar-refractivity contribution in [2.24, 2.45) is 29.1 Å². The smallest absolute Gasteiger partial charge is 0.142 e. The molecule has 0 aromatic heterocycles. The lowest BCUT2D eigenvalue weighted by Crippen LogP contribution is -2.48. The third kappa shape index (κ3) is 0.847. The number of carbonyl (C=O) groups excluding carboxylic acids is 1. The minimum Gasteiger partial charge on any atom is -0.299 e. The van der Waals surface area contributed by atoms with Gasteiger partial charge in [0, 0.05) is 11.3 Å². The van der Waals surface area contributed by atoms with E-state index in [-0.39, 0.29) is 5.41 Å². The topological polar surface area (TPSA) is 17.1 Å². The third-order valence-corrected chi connectivity index (χ3v) is 5.72. The van der Waals surface area contributed by atoms with Gasteiger partial charge in [0.15, 0.2) is 0 Å². The fraction of sp³-hybridized carbons (Fsp3) is 0.786. The lowest BCUT2D eigenvalue weighted by Gasteiger charge is -2.50. The van der Waals surface area contributed by atoms with Gasteiger partial charge in [0.1, 0.15) is 5.78 Å². The summed E-state index contributed by atoms with van der Waals surface area (Å²) in [5.74, 6) is 3.23. The van der Waals surface area contributed by atoms with Crippen molar-refractivity contribution in [3.8, 4) is 0 Å². The average Bonchev–Trinajstić information content (AvgIpc) is 2.85. The van der Waals surface area contributed by atoms with Crippen molar-refractivity contribution in [3.05, 3.63) is 12.2 Å². The summed E-state index contributed by atoms with van der Waals surface area (Å²) in [7, 11) is 0. The number of ketones is 1. The van der Waals surface area contributed by atoms with Crippen LogP contribution >= 0.6 is 0 Å². The van der Waals surface area contributed by atoms with Crippen molar-refractivity contribution in [2.75, 3.05) is 0 Å². The van der Waals surface area contributed by atoms with Gasteiger partial charge < -0.3 is 0 Å². The molecule has 0 radical (unpaired) electrons. The molecule has 5 rings (SSSR count). The highest BCUT2D eigenvalue weighted by Crippen LogP contribution is 2.64. The van der Waals surface area contributed by atoms with Crippen LogP contribution in [0.4, 0.5) is 0 Å². The normalized spacial score (nSPS) is 55.9. The van der Waals surface area contributed by atoms with Crippen LogP contribution in [0.1, 0.15) is 38.5 Å². The van der Waals surface area contributed by atoms with Crippen molar-refractivity contribution < 1.29 is 4.79 Å². The number of hydrogen-bond acceptors (Lipinski definition) is 1. The minimum absolute atomic E-state index is 0.139. The van der Waals surface area contributed by atoms with E-state index >= 15 is 0 Å². The Kier molecular flexibility index (Phi) is 1.46. The van der Waals surface area contributed by atoms with Crippen LogP contribution in [0.15, 0.2) is 12.2 Å². The second kappa shape index (κ2) is 2.56. The van der Waals surface area contributed by atoms with Gasteiger partial charge in [0.2, 0.25) is 0 Å². The molecule has 0 aliphatic heterocycles. The molecule has 3 fully saturated rings. The lowest BCUT2D eigenvalue weighted by molar-refractivity contribution is -0.138. The van der Waals surface area contributed by atoms with Crippen LogP contribution in [0.5, 0.6) is 0 Å². The minimum atomic E-state index is 0.139. The Labute approximate surface area is 90.9 Å². The van der Waals surface area contributed by atoms with Gasteiger partial charge in [0.05, 0.1) is 0 Å². The van der Waals surface area contributed by atoms with Gasteiger partial charge in [-0.05, 0) is 56.3 Å². The predicted molar refractivity (Wildman–Crippen MR) is 58.2 cm³/mol. The molecule has 1 heteroatoms. The molecule has 5 aliphatic rings. The summed E-state index contributed by atoms with van der Waals surface area (Å²) in [6.45, 7) is 0. The monoisotopic (exact) mass is 202 g/mol. The van der Waals surface area contributed by atoms with E-state index < -0.39 is 0 Å². The van der Waals surface area contributed by atoms with Gasteiger partial charge in [-0.15, -0.1) is 0 Å². The van der Waals surface area contributed by atoms with Crippen LogP contribution in [0.25, 0.3) is 0 Å².